The first-order valence-corrected chi connectivity index (χ1v) is 7.97. The first-order valence-electron chi connectivity index (χ1n) is 7.97. The van der Waals surface area contributed by atoms with E-state index in [1.165, 1.54) is 0 Å². The topological polar surface area (TPSA) is 78.1 Å². The molecule has 0 saturated carbocycles. The van der Waals surface area contributed by atoms with Gasteiger partial charge in [-0.1, -0.05) is 30.3 Å². The van der Waals surface area contributed by atoms with Gasteiger partial charge in [0, 0.05) is 11.9 Å². The van der Waals surface area contributed by atoms with Gasteiger partial charge in [-0.25, -0.2) is 9.97 Å². The molecule has 0 fully saturated rings. The number of benzene rings is 1. The molecule has 0 spiro atoms. The van der Waals surface area contributed by atoms with Gasteiger partial charge in [-0.3, -0.25) is 4.79 Å². The van der Waals surface area contributed by atoms with Crippen LogP contribution in [0.2, 0.25) is 0 Å². The van der Waals surface area contributed by atoms with Crippen molar-refractivity contribution in [1.29, 1.82) is 0 Å². The Hall–Kier alpha value is -2.27. The van der Waals surface area contributed by atoms with Gasteiger partial charge in [-0.15, -0.1) is 0 Å². The summed E-state index contributed by atoms with van der Waals surface area (Å²) >= 11 is 0. The number of nitrogens with zero attached hydrogens (tertiary/aromatic N) is 2. The van der Waals surface area contributed by atoms with Crippen molar-refractivity contribution in [2.75, 3.05) is 6.61 Å². The molecule has 0 radical (unpaired) electrons. The van der Waals surface area contributed by atoms with Crippen molar-refractivity contribution >= 4 is 5.97 Å². The van der Waals surface area contributed by atoms with Crippen molar-refractivity contribution in [2.45, 2.75) is 38.1 Å². The van der Waals surface area contributed by atoms with Gasteiger partial charge in [0.2, 0.25) is 0 Å². The second-order valence-electron chi connectivity index (χ2n) is 5.48. The molecule has 2 rings (SSSR count). The Balaban J connectivity index is 1.56. The van der Waals surface area contributed by atoms with E-state index in [0.717, 1.165) is 36.9 Å². The normalized spacial score (nSPS) is 11.9. The van der Waals surface area contributed by atoms with Crippen LogP contribution in [-0.4, -0.2) is 28.6 Å². The van der Waals surface area contributed by atoms with Crippen LogP contribution in [0.4, 0.5) is 0 Å². The predicted molar refractivity (Wildman–Crippen MR) is 88.7 cm³/mol. The number of hydrogen-bond donors (Lipinski definition) is 1. The molecule has 23 heavy (non-hydrogen) atoms. The molecule has 0 aliphatic carbocycles. The summed E-state index contributed by atoms with van der Waals surface area (Å²) in [7, 11) is 0. The summed E-state index contributed by atoms with van der Waals surface area (Å²) in [6.45, 7) is 0.422. The van der Waals surface area contributed by atoms with Crippen LogP contribution in [0.15, 0.2) is 48.9 Å². The van der Waals surface area contributed by atoms with Crippen LogP contribution in [0.1, 0.15) is 30.5 Å². The lowest BCUT2D eigenvalue weighted by molar-refractivity contribution is -0.145. The van der Waals surface area contributed by atoms with Gasteiger partial charge in [0.25, 0.3) is 0 Å². The minimum Gasteiger partial charge on any atom is -0.465 e. The maximum absolute atomic E-state index is 11.8. The van der Waals surface area contributed by atoms with Gasteiger partial charge in [-0.2, -0.15) is 0 Å². The quantitative estimate of drug-likeness (QED) is 0.568. The summed E-state index contributed by atoms with van der Waals surface area (Å²) in [4.78, 5) is 19.9. The number of esters is 1. The van der Waals surface area contributed by atoms with Crippen LogP contribution < -0.4 is 5.73 Å². The Morgan fingerprint density at radius 2 is 1.96 bits per heavy atom. The highest BCUT2D eigenvalue weighted by Gasteiger charge is 2.15. The van der Waals surface area contributed by atoms with Gasteiger partial charge < -0.3 is 10.5 Å². The fraction of sp³-hybridized carbons (Fsp3) is 0.389. The molecule has 1 aromatic heterocycles. The molecule has 1 atom stereocenters. The summed E-state index contributed by atoms with van der Waals surface area (Å²) in [6, 6.07) is 11.0. The van der Waals surface area contributed by atoms with E-state index in [2.05, 4.69) is 9.97 Å². The first-order chi connectivity index (χ1) is 11.3. The average Bonchev–Trinajstić information content (AvgIpc) is 2.59. The number of unbranched alkanes of at least 4 members (excludes halogenated alkanes) is 2. The molecule has 5 heteroatoms. The lowest BCUT2D eigenvalue weighted by Crippen LogP contribution is -2.34. The molecule has 0 aliphatic heterocycles. The Kier molecular flexibility index (Phi) is 7.20. The molecular formula is C18H23N3O2. The highest BCUT2D eigenvalue weighted by Crippen LogP contribution is 2.05. The van der Waals surface area contributed by atoms with E-state index < -0.39 is 6.04 Å². The zero-order valence-corrected chi connectivity index (χ0v) is 13.2. The standard InChI is InChI=1S/C18H23N3O2/c19-17(13-15-7-3-1-4-8-15)18(22)23-12-6-2-5-9-16-10-11-20-14-21-16/h1,3-4,7-8,10-11,14,17H,2,5-6,9,12-13,19H2/t17-/m0/s1. The molecule has 0 saturated heterocycles. The van der Waals surface area contributed by atoms with Crippen LogP contribution >= 0.6 is 0 Å². The summed E-state index contributed by atoms with van der Waals surface area (Å²) in [5.41, 5.74) is 7.96. The lowest BCUT2D eigenvalue weighted by atomic mass is 10.1. The molecule has 5 nitrogen and oxygen atoms in total. The number of carbonyl (C=O) groups is 1. The Bertz CT molecular complexity index is 575. The lowest BCUT2D eigenvalue weighted by Gasteiger charge is -2.11. The van der Waals surface area contributed by atoms with Crippen LogP contribution in [0.3, 0.4) is 0 Å². The van der Waals surface area contributed by atoms with E-state index >= 15 is 0 Å². The molecular weight excluding hydrogens is 290 g/mol. The van der Waals surface area contributed by atoms with E-state index in [4.69, 9.17) is 10.5 Å². The third kappa shape index (κ3) is 6.57. The van der Waals surface area contributed by atoms with Crippen LogP contribution in [0, 0.1) is 0 Å². The minimum atomic E-state index is -0.599. The summed E-state index contributed by atoms with van der Waals surface area (Å²) in [5, 5.41) is 0. The highest BCUT2D eigenvalue weighted by atomic mass is 16.5. The fourth-order valence-corrected chi connectivity index (χ4v) is 2.28. The Morgan fingerprint density at radius 3 is 2.70 bits per heavy atom. The number of rotatable bonds is 9. The van der Waals surface area contributed by atoms with Crippen molar-refractivity contribution in [3.8, 4) is 0 Å². The molecule has 122 valence electrons. The van der Waals surface area contributed by atoms with Crippen LogP contribution in [-0.2, 0) is 22.4 Å². The van der Waals surface area contributed by atoms with Gasteiger partial charge in [0.05, 0.1) is 6.61 Å². The van der Waals surface area contributed by atoms with Crippen molar-refractivity contribution in [1.82, 2.24) is 9.97 Å². The summed E-state index contributed by atoms with van der Waals surface area (Å²) in [5.74, 6) is -0.329. The monoisotopic (exact) mass is 313 g/mol. The van der Waals surface area contributed by atoms with E-state index in [9.17, 15) is 4.79 Å². The minimum absolute atomic E-state index is 0.329. The molecule has 0 unspecified atom stereocenters. The highest BCUT2D eigenvalue weighted by molar-refractivity contribution is 5.75. The second kappa shape index (κ2) is 9.69. The molecule has 0 bridgehead atoms. The fourth-order valence-electron chi connectivity index (χ4n) is 2.28. The van der Waals surface area contributed by atoms with Crippen LogP contribution in [0.25, 0.3) is 0 Å². The van der Waals surface area contributed by atoms with Crippen molar-refractivity contribution in [3.63, 3.8) is 0 Å². The predicted octanol–water partition coefficient (Wildman–Crippen LogP) is 2.30. The number of hydrogen-bond acceptors (Lipinski definition) is 5. The van der Waals surface area contributed by atoms with E-state index in [0.29, 0.717) is 13.0 Å². The van der Waals surface area contributed by atoms with Gasteiger partial charge in [-0.05, 0) is 43.7 Å². The second-order valence-corrected chi connectivity index (χ2v) is 5.48. The number of aryl methyl sites for hydroxylation is 1. The summed E-state index contributed by atoms with van der Waals surface area (Å²) in [6.07, 6.45) is 7.59. The zero-order chi connectivity index (χ0) is 16.3. The third-order valence-corrected chi connectivity index (χ3v) is 3.57. The first kappa shape index (κ1) is 17.1. The van der Waals surface area contributed by atoms with E-state index in [1.54, 1.807) is 12.5 Å². The third-order valence-electron chi connectivity index (χ3n) is 3.57. The number of aromatic nitrogens is 2. The Morgan fingerprint density at radius 1 is 1.13 bits per heavy atom. The number of carbonyl (C=O) groups excluding carboxylic acids is 1. The van der Waals surface area contributed by atoms with Gasteiger partial charge >= 0.3 is 5.97 Å². The average molecular weight is 313 g/mol. The van der Waals surface area contributed by atoms with Crippen molar-refractivity contribution < 1.29 is 9.53 Å². The van der Waals surface area contributed by atoms with Gasteiger partial charge in [0.15, 0.2) is 0 Å². The smallest absolute Gasteiger partial charge is 0.323 e. The molecule has 2 N–H and O–H groups in total. The van der Waals surface area contributed by atoms with Crippen LogP contribution in [0.5, 0.6) is 0 Å². The molecule has 1 aromatic carbocycles. The molecule has 2 aromatic rings. The van der Waals surface area contributed by atoms with Crippen molar-refractivity contribution in [2.24, 2.45) is 5.73 Å². The zero-order valence-electron chi connectivity index (χ0n) is 13.2. The molecule has 0 amide bonds. The molecule has 0 aliphatic rings. The Labute approximate surface area is 136 Å². The van der Waals surface area contributed by atoms with Crippen molar-refractivity contribution in [3.05, 3.63) is 60.2 Å². The van der Waals surface area contributed by atoms with E-state index in [1.807, 2.05) is 36.4 Å². The molecule has 1 heterocycles. The van der Waals surface area contributed by atoms with E-state index in [-0.39, 0.29) is 5.97 Å². The maximum atomic E-state index is 11.8. The maximum Gasteiger partial charge on any atom is 0.323 e. The number of nitrogens with two attached hydrogens (primary N) is 1. The largest absolute Gasteiger partial charge is 0.465 e. The summed E-state index contributed by atoms with van der Waals surface area (Å²) < 4.78 is 5.24. The van der Waals surface area contributed by atoms with Gasteiger partial charge in [0.1, 0.15) is 12.4 Å². The SMILES string of the molecule is N[C@@H](Cc1ccccc1)C(=O)OCCCCCc1ccncn1. The number of ether oxygens (including phenoxy) is 1.